The van der Waals surface area contributed by atoms with Gasteiger partial charge in [-0.2, -0.15) is 0 Å². The van der Waals surface area contributed by atoms with E-state index in [2.05, 4.69) is 6.07 Å². The Morgan fingerprint density at radius 3 is 2.67 bits per heavy atom. The number of hydrogen-bond donors (Lipinski definition) is 1. The molecule has 1 heterocycles. The van der Waals surface area contributed by atoms with Crippen LogP contribution < -0.4 is 10.5 Å². The van der Waals surface area contributed by atoms with Crippen molar-refractivity contribution in [2.75, 3.05) is 19.7 Å². The largest absolute Gasteiger partial charge is 0.493 e. The summed E-state index contributed by atoms with van der Waals surface area (Å²) < 4.78 is 5.73. The van der Waals surface area contributed by atoms with Gasteiger partial charge < -0.3 is 15.4 Å². The molecule has 1 aliphatic heterocycles. The highest BCUT2D eigenvalue weighted by molar-refractivity contribution is 5.85. The van der Waals surface area contributed by atoms with E-state index in [1.807, 2.05) is 30.9 Å². The lowest BCUT2D eigenvalue weighted by molar-refractivity contribution is -0.132. The number of rotatable bonds is 4. The predicted octanol–water partition coefficient (Wildman–Crippen LogP) is 2.44. The molecular weight excluding hydrogens is 288 g/mol. The van der Waals surface area contributed by atoms with Gasteiger partial charge in [0, 0.05) is 19.1 Å². The van der Waals surface area contributed by atoms with Crippen molar-refractivity contribution < 1.29 is 9.53 Å². The number of carbonyl (C=O) groups is 1. The molecular formula is C16H25ClN2O2. The Labute approximate surface area is 133 Å². The molecule has 1 aromatic rings. The van der Waals surface area contributed by atoms with E-state index in [0.717, 1.165) is 37.2 Å². The molecule has 0 unspecified atom stereocenters. The number of halogens is 1. The molecule has 0 aromatic heterocycles. The second kappa shape index (κ2) is 8.25. The molecule has 2 N–H and O–H groups in total. The molecule has 1 saturated heterocycles. The first-order valence-electron chi connectivity index (χ1n) is 7.29. The van der Waals surface area contributed by atoms with E-state index in [1.54, 1.807) is 0 Å². The summed E-state index contributed by atoms with van der Waals surface area (Å²) in [7, 11) is 0. The first kappa shape index (κ1) is 17.8. The van der Waals surface area contributed by atoms with Crippen molar-refractivity contribution in [2.24, 2.45) is 5.73 Å². The number of nitrogens with two attached hydrogens (primary N) is 1. The summed E-state index contributed by atoms with van der Waals surface area (Å²) in [5.74, 6) is 1.04. The molecule has 1 amide bonds. The lowest BCUT2D eigenvalue weighted by Crippen LogP contribution is -2.43. The Morgan fingerprint density at radius 1 is 1.33 bits per heavy atom. The molecule has 1 fully saturated rings. The van der Waals surface area contributed by atoms with E-state index in [9.17, 15) is 4.79 Å². The Balaban J connectivity index is 0.00000220. The van der Waals surface area contributed by atoms with Crippen molar-refractivity contribution in [3.63, 3.8) is 0 Å². The SMILES string of the molecule is Cc1ccc(C)c(OCCC(=O)N2CCC(N)CC2)c1.Cl. The number of piperidine rings is 1. The number of amides is 1. The third-order valence-corrected chi connectivity index (χ3v) is 3.81. The summed E-state index contributed by atoms with van der Waals surface area (Å²) in [5.41, 5.74) is 8.11. The standard InChI is InChI=1S/C16H24N2O2.ClH/c1-12-3-4-13(2)15(11-12)20-10-7-16(19)18-8-5-14(17)6-9-18;/h3-4,11,14H,5-10,17H2,1-2H3;1H. The average Bonchev–Trinajstić information content (AvgIpc) is 2.43. The monoisotopic (exact) mass is 312 g/mol. The fraction of sp³-hybridized carbons (Fsp3) is 0.562. The Bertz CT molecular complexity index is 471. The summed E-state index contributed by atoms with van der Waals surface area (Å²) >= 11 is 0. The van der Waals surface area contributed by atoms with Crippen LogP contribution in [0.3, 0.4) is 0 Å². The minimum absolute atomic E-state index is 0. The Kier molecular flexibility index (Phi) is 6.99. The molecule has 0 atom stereocenters. The highest BCUT2D eigenvalue weighted by atomic mass is 35.5. The van der Waals surface area contributed by atoms with Crippen LogP contribution in [0.15, 0.2) is 18.2 Å². The summed E-state index contributed by atoms with van der Waals surface area (Å²) in [6.07, 6.45) is 2.25. The molecule has 5 heteroatoms. The molecule has 1 aromatic carbocycles. The van der Waals surface area contributed by atoms with Crippen LogP contribution >= 0.6 is 12.4 Å². The Hall–Kier alpha value is -1.26. The van der Waals surface area contributed by atoms with Crippen LogP contribution in [0.5, 0.6) is 5.75 Å². The van der Waals surface area contributed by atoms with E-state index >= 15 is 0 Å². The van der Waals surface area contributed by atoms with Gasteiger partial charge in [0.05, 0.1) is 13.0 Å². The van der Waals surface area contributed by atoms with Crippen LogP contribution in [0, 0.1) is 13.8 Å². The number of nitrogens with zero attached hydrogens (tertiary/aromatic N) is 1. The first-order chi connectivity index (χ1) is 9.56. The van der Waals surface area contributed by atoms with Crippen LogP contribution in [0.25, 0.3) is 0 Å². The maximum Gasteiger partial charge on any atom is 0.225 e. The maximum absolute atomic E-state index is 12.1. The quantitative estimate of drug-likeness (QED) is 0.929. The first-order valence-corrected chi connectivity index (χ1v) is 7.29. The summed E-state index contributed by atoms with van der Waals surface area (Å²) in [4.78, 5) is 14.0. The smallest absolute Gasteiger partial charge is 0.225 e. The number of ether oxygens (including phenoxy) is 1. The topological polar surface area (TPSA) is 55.6 Å². The molecule has 2 rings (SSSR count). The lowest BCUT2D eigenvalue weighted by Gasteiger charge is -2.30. The molecule has 1 aliphatic rings. The van der Waals surface area contributed by atoms with Crippen molar-refractivity contribution in [1.29, 1.82) is 0 Å². The predicted molar refractivity (Wildman–Crippen MR) is 87.1 cm³/mol. The zero-order valence-corrected chi connectivity index (χ0v) is 13.6. The van der Waals surface area contributed by atoms with Crippen LogP contribution in [0.2, 0.25) is 0 Å². The normalized spacial score (nSPS) is 15.5. The highest BCUT2D eigenvalue weighted by Crippen LogP contribution is 2.19. The zero-order valence-electron chi connectivity index (χ0n) is 12.8. The number of benzene rings is 1. The van der Waals surface area contributed by atoms with Crippen LogP contribution in [-0.2, 0) is 4.79 Å². The summed E-state index contributed by atoms with van der Waals surface area (Å²) in [6.45, 7) is 6.05. The number of aryl methyl sites for hydroxylation is 2. The van der Waals surface area contributed by atoms with E-state index < -0.39 is 0 Å². The number of carbonyl (C=O) groups excluding carboxylic acids is 1. The minimum atomic E-state index is 0. The van der Waals surface area contributed by atoms with Gasteiger partial charge in [-0.25, -0.2) is 0 Å². The highest BCUT2D eigenvalue weighted by Gasteiger charge is 2.20. The van der Waals surface area contributed by atoms with Gasteiger partial charge in [0.2, 0.25) is 5.91 Å². The van der Waals surface area contributed by atoms with Crippen molar-refractivity contribution in [3.05, 3.63) is 29.3 Å². The fourth-order valence-electron chi connectivity index (χ4n) is 2.42. The molecule has 0 bridgehead atoms. The molecule has 21 heavy (non-hydrogen) atoms. The van der Waals surface area contributed by atoms with Crippen LogP contribution in [-0.4, -0.2) is 36.5 Å². The van der Waals surface area contributed by atoms with Gasteiger partial charge in [0.1, 0.15) is 5.75 Å². The second-order valence-corrected chi connectivity index (χ2v) is 5.59. The van der Waals surface area contributed by atoms with Gasteiger partial charge in [-0.05, 0) is 43.9 Å². The number of likely N-dealkylation sites (tertiary alicyclic amines) is 1. The molecule has 0 radical (unpaired) electrons. The van der Waals surface area contributed by atoms with Crippen molar-refractivity contribution >= 4 is 18.3 Å². The lowest BCUT2D eigenvalue weighted by atomic mass is 10.1. The average molecular weight is 313 g/mol. The molecule has 0 saturated carbocycles. The fourth-order valence-corrected chi connectivity index (χ4v) is 2.42. The van der Waals surface area contributed by atoms with Gasteiger partial charge in [-0.3, -0.25) is 4.79 Å². The van der Waals surface area contributed by atoms with E-state index in [0.29, 0.717) is 13.0 Å². The van der Waals surface area contributed by atoms with Crippen LogP contribution in [0.4, 0.5) is 0 Å². The van der Waals surface area contributed by atoms with Gasteiger partial charge in [-0.1, -0.05) is 12.1 Å². The van der Waals surface area contributed by atoms with Crippen molar-refractivity contribution in [3.8, 4) is 5.75 Å². The zero-order chi connectivity index (χ0) is 14.5. The Morgan fingerprint density at radius 2 is 2.00 bits per heavy atom. The summed E-state index contributed by atoms with van der Waals surface area (Å²) in [5, 5.41) is 0. The second-order valence-electron chi connectivity index (χ2n) is 5.59. The molecule has 0 spiro atoms. The third-order valence-electron chi connectivity index (χ3n) is 3.81. The van der Waals surface area contributed by atoms with Gasteiger partial charge in [0.25, 0.3) is 0 Å². The van der Waals surface area contributed by atoms with Crippen molar-refractivity contribution in [1.82, 2.24) is 4.90 Å². The third kappa shape index (κ3) is 5.21. The van der Waals surface area contributed by atoms with Crippen LogP contribution in [0.1, 0.15) is 30.4 Å². The summed E-state index contributed by atoms with van der Waals surface area (Å²) in [6, 6.07) is 6.37. The van der Waals surface area contributed by atoms with E-state index in [1.165, 1.54) is 5.56 Å². The van der Waals surface area contributed by atoms with Crippen molar-refractivity contribution in [2.45, 2.75) is 39.2 Å². The maximum atomic E-state index is 12.1. The molecule has 0 aliphatic carbocycles. The van der Waals surface area contributed by atoms with E-state index in [4.69, 9.17) is 10.5 Å². The van der Waals surface area contributed by atoms with Gasteiger partial charge >= 0.3 is 0 Å². The number of hydrogen-bond acceptors (Lipinski definition) is 3. The van der Waals surface area contributed by atoms with Gasteiger partial charge in [-0.15, -0.1) is 12.4 Å². The van der Waals surface area contributed by atoms with Gasteiger partial charge in [0.15, 0.2) is 0 Å². The molecule has 118 valence electrons. The minimum Gasteiger partial charge on any atom is -0.493 e. The van der Waals surface area contributed by atoms with E-state index in [-0.39, 0.29) is 24.4 Å². The molecule has 4 nitrogen and oxygen atoms in total.